The van der Waals surface area contributed by atoms with Crippen LogP contribution in [0.5, 0.6) is 5.75 Å². The molecule has 0 spiro atoms. The largest absolute Gasteiger partial charge is 0.484 e. The normalized spacial score (nSPS) is 10.8. The maximum atomic E-state index is 11.8. The number of H-pyrrole nitrogens is 1. The molecular weight excluding hydrogens is 347 g/mol. The quantitative estimate of drug-likeness (QED) is 0.689. The lowest BCUT2D eigenvalue weighted by molar-refractivity contribution is -0.123. The number of benzene rings is 2. The smallest absolute Gasteiger partial charge is 0.257 e. The van der Waals surface area contributed by atoms with E-state index in [1.54, 1.807) is 24.3 Å². The highest BCUT2D eigenvalue weighted by atomic mass is 35.5. The van der Waals surface area contributed by atoms with Crippen molar-refractivity contribution in [3.63, 3.8) is 0 Å². The second-order valence-electron chi connectivity index (χ2n) is 5.35. The number of fused-ring (bicyclic) bond motifs is 1. The Kier molecular flexibility index (Phi) is 5.28. The molecule has 0 saturated carbocycles. The van der Waals surface area contributed by atoms with Crippen molar-refractivity contribution >= 4 is 40.0 Å². The summed E-state index contributed by atoms with van der Waals surface area (Å²) in [6.07, 6.45) is 2.66. The maximum absolute atomic E-state index is 11.8. The minimum atomic E-state index is -0.164. The first-order valence-corrected chi connectivity index (χ1v) is 8.28. The minimum absolute atomic E-state index is 0.0264. The Balaban J connectivity index is 1.47. The van der Waals surface area contributed by atoms with E-state index in [2.05, 4.69) is 10.3 Å². The van der Waals surface area contributed by atoms with Crippen LogP contribution in [0.15, 0.2) is 48.7 Å². The third kappa shape index (κ3) is 4.22. The zero-order valence-electron chi connectivity index (χ0n) is 12.8. The van der Waals surface area contributed by atoms with Crippen LogP contribution < -0.4 is 10.1 Å². The Hall–Kier alpha value is -2.17. The van der Waals surface area contributed by atoms with Gasteiger partial charge in [-0.3, -0.25) is 4.79 Å². The van der Waals surface area contributed by atoms with E-state index < -0.39 is 0 Å². The number of ether oxygens (including phenoxy) is 1. The van der Waals surface area contributed by atoms with E-state index in [0.717, 1.165) is 16.5 Å². The fraction of sp³-hybridized carbons (Fsp3) is 0.167. The molecule has 24 heavy (non-hydrogen) atoms. The van der Waals surface area contributed by atoms with Gasteiger partial charge < -0.3 is 15.0 Å². The molecule has 0 atom stereocenters. The lowest BCUT2D eigenvalue weighted by Gasteiger charge is -2.07. The zero-order valence-corrected chi connectivity index (χ0v) is 14.3. The zero-order chi connectivity index (χ0) is 16.9. The summed E-state index contributed by atoms with van der Waals surface area (Å²) in [7, 11) is 0. The number of carbonyl (C=O) groups is 1. The van der Waals surface area contributed by atoms with Crippen LogP contribution in [0.4, 0.5) is 0 Å². The van der Waals surface area contributed by atoms with Crippen LogP contribution in [0, 0.1) is 0 Å². The van der Waals surface area contributed by atoms with Gasteiger partial charge in [0.1, 0.15) is 5.75 Å². The van der Waals surface area contributed by atoms with Gasteiger partial charge in [-0.05, 0) is 54.4 Å². The number of halogens is 2. The number of carbonyl (C=O) groups excluding carboxylic acids is 1. The molecule has 1 aromatic heterocycles. The van der Waals surface area contributed by atoms with E-state index in [4.69, 9.17) is 27.9 Å². The number of aromatic nitrogens is 1. The second kappa shape index (κ2) is 7.60. The molecule has 0 radical (unpaired) electrons. The number of aromatic amines is 1. The molecule has 0 unspecified atom stereocenters. The van der Waals surface area contributed by atoms with Gasteiger partial charge in [-0.25, -0.2) is 0 Å². The predicted octanol–water partition coefficient (Wildman–Crippen LogP) is 4.21. The van der Waals surface area contributed by atoms with Crippen LogP contribution in [0.3, 0.4) is 0 Å². The molecule has 6 heteroatoms. The molecule has 124 valence electrons. The Labute approximate surface area is 149 Å². The topological polar surface area (TPSA) is 54.1 Å². The van der Waals surface area contributed by atoms with Gasteiger partial charge in [-0.2, -0.15) is 0 Å². The Bertz CT molecular complexity index is 844. The van der Waals surface area contributed by atoms with Crippen LogP contribution in [-0.2, 0) is 11.2 Å². The standard InChI is InChI=1S/C18H16Cl2N2O2/c19-13-1-4-15(5-2-13)24-11-18(23)21-8-7-12-10-22-17-6-3-14(20)9-16(12)17/h1-6,9-10,22H,7-8,11H2,(H,21,23). The van der Waals surface area contributed by atoms with Crippen LogP contribution >= 0.6 is 23.2 Å². The number of amides is 1. The molecule has 0 aliphatic carbocycles. The van der Waals surface area contributed by atoms with Gasteiger partial charge in [0.05, 0.1) is 0 Å². The van der Waals surface area contributed by atoms with Gasteiger partial charge >= 0.3 is 0 Å². The molecule has 3 rings (SSSR count). The van der Waals surface area contributed by atoms with Crippen molar-refractivity contribution in [1.82, 2.24) is 10.3 Å². The van der Waals surface area contributed by atoms with Crippen LogP contribution in [0.2, 0.25) is 10.0 Å². The lowest BCUT2D eigenvalue weighted by Crippen LogP contribution is -2.30. The molecule has 2 N–H and O–H groups in total. The van der Waals surface area contributed by atoms with Crippen molar-refractivity contribution in [3.8, 4) is 5.75 Å². The molecule has 0 bridgehead atoms. The van der Waals surface area contributed by atoms with Crippen molar-refractivity contribution in [2.24, 2.45) is 0 Å². The van der Waals surface area contributed by atoms with Crippen LogP contribution in [0.1, 0.15) is 5.56 Å². The van der Waals surface area contributed by atoms with E-state index >= 15 is 0 Å². The molecule has 0 aliphatic heterocycles. The summed E-state index contributed by atoms with van der Waals surface area (Å²) in [5.41, 5.74) is 2.15. The first kappa shape index (κ1) is 16.7. The SMILES string of the molecule is O=C(COc1ccc(Cl)cc1)NCCc1c[nH]c2ccc(Cl)cc12. The number of hydrogen-bond donors (Lipinski definition) is 2. The highest BCUT2D eigenvalue weighted by molar-refractivity contribution is 6.31. The summed E-state index contributed by atoms with van der Waals surface area (Å²) in [4.78, 5) is 15.0. The van der Waals surface area contributed by atoms with Crippen molar-refractivity contribution in [2.75, 3.05) is 13.2 Å². The van der Waals surface area contributed by atoms with Gasteiger partial charge in [0, 0.05) is 33.7 Å². The van der Waals surface area contributed by atoms with Gasteiger partial charge in [-0.15, -0.1) is 0 Å². The van der Waals surface area contributed by atoms with E-state index in [1.807, 2.05) is 24.4 Å². The van der Waals surface area contributed by atoms with Crippen molar-refractivity contribution in [2.45, 2.75) is 6.42 Å². The molecule has 0 fully saturated rings. The highest BCUT2D eigenvalue weighted by Gasteiger charge is 2.06. The van der Waals surface area contributed by atoms with Crippen molar-refractivity contribution in [3.05, 3.63) is 64.3 Å². The second-order valence-corrected chi connectivity index (χ2v) is 6.22. The van der Waals surface area contributed by atoms with E-state index in [9.17, 15) is 4.79 Å². The van der Waals surface area contributed by atoms with E-state index in [0.29, 0.717) is 28.8 Å². The Morgan fingerprint density at radius 3 is 2.62 bits per heavy atom. The summed E-state index contributed by atoms with van der Waals surface area (Å²) < 4.78 is 5.40. The Morgan fingerprint density at radius 1 is 1.08 bits per heavy atom. The van der Waals surface area contributed by atoms with Crippen LogP contribution in [0.25, 0.3) is 10.9 Å². The molecular formula is C18H16Cl2N2O2. The summed E-state index contributed by atoms with van der Waals surface area (Å²) in [5, 5.41) is 5.25. The maximum Gasteiger partial charge on any atom is 0.257 e. The third-order valence-corrected chi connectivity index (χ3v) is 4.12. The molecule has 2 aromatic carbocycles. The first-order valence-electron chi connectivity index (χ1n) is 7.52. The third-order valence-electron chi connectivity index (χ3n) is 3.63. The number of nitrogens with one attached hydrogen (secondary N) is 2. The Morgan fingerprint density at radius 2 is 1.83 bits per heavy atom. The average Bonchev–Trinajstić information content (AvgIpc) is 2.97. The summed E-state index contributed by atoms with van der Waals surface area (Å²) >= 11 is 11.8. The number of hydrogen-bond acceptors (Lipinski definition) is 2. The minimum Gasteiger partial charge on any atom is -0.484 e. The van der Waals surface area contributed by atoms with Gasteiger partial charge in [-0.1, -0.05) is 23.2 Å². The van der Waals surface area contributed by atoms with Crippen molar-refractivity contribution < 1.29 is 9.53 Å². The van der Waals surface area contributed by atoms with Gasteiger partial charge in [0.15, 0.2) is 6.61 Å². The van der Waals surface area contributed by atoms with Crippen molar-refractivity contribution in [1.29, 1.82) is 0 Å². The first-order chi connectivity index (χ1) is 11.6. The van der Waals surface area contributed by atoms with E-state index in [-0.39, 0.29) is 12.5 Å². The predicted molar refractivity (Wildman–Crippen MR) is 97.0 cm³/mol. The average molecular weight is 363 g/mol. The molecule has 0 aliphatic rings. The molecule has 1 amide bonds. The fourth-order valence-corrected chi connectivity index (χ4v) is 2.72. The monoisotopic (exact) mass is 362 g/mol. The molecule has 4 nitrogen and oxygen atoms in total. The van der Waals surface area contributed by atoms with Gasteiger partial charge in [0.25, 0.3) is 5.91 Å². The molecule has 3 aromatic rings. The summed E-state index contributed by atoms with van der Waals surface area (Å²) in [6, 6.07) is 12.6. The fourth-order valence-electron chi connectivity index (χ4n) is 2.42. The summed E-state index contributed by atoms with van der Waals surface area (Å²) in [6.45, 7) is 0.504. The molecule has 1 heterocycles. The highest BCUT2D eigenvalue weighted by Crippen LogP contribution is 2.22. The molecule has 0 saturated heterocycles. The van der Waals surface area contributed by atoms with Crippen LogP contribution in [-0.4, -0.2) is 24.0 Å². The van der Waals surface area contributed by atoms with Gasteiger partial charge in [0.2, 0.25) is 0 Å². The lowest BCUT2D eigenvalue weighted by atomic mass is 10.1. The summed E-state index contributed by atoms with van der Waals surface area (Å²) in [5.74, 6) is 0.448. The number of rotatable bonds is 6. The van der Waals surface area contributed by atoms with E-state index in [1.165, 1.54) is 0 Å².